The molecule has 1 saturated heterocycles. The second-order valence-electron chi connectivity index (χ2n) is 6.47. The molecule has 1 aliphatic carbocycles. The fourth-order valence-electron chi connectivity index (χ4n) is 2.95. The van der Waals surface area contributed by atoms with Gasteiger partial charge in [-0.15, -0.1) is 24.0 Å². The SMILES string of the molecule is CCCN1CCC(CN=C(NCC)NC2CC2C)CC1.I. The molecule has 0 spiro atoms. The van der Waals surface area contributed by atoms with Crippen LogP contribution in [0.1, 0.15) is 46.5 Å². The highest BCUT2D eigenvalue weighted by atomic mass is 127. The van der Waals surface area contributed by atoms with E-state index in [9.17, 15) is 0 Å². The molecule has 1 aliphatic heterocycles. The maximum Gasteiger partial charge on any atom is 0.191 e. The summed E-state index contributed by atoms with van der Waals surface area (Å²) in [5.41, 5.74) is 0. The van der Waals surface area contributed by atoms with Crippen molar-refractivity contribution >= 4 is 29.9 Å². The summed E-state index contributed by atoms with van der Waals surface area (Å²) in [5.74, 6) is 2.61. The van der Waals surface area contributed by atoms with Gasteiger partial charge in [-0.1, -0.05) is 13.8 Å². The summed E-state index contributed by atoms with van der Waals surface area (Å²) in [4.78, 5) is 7.39. The molecule has 124 valence electrons. The van der Waals surface area contributed by atoms with E-state index in [0.29, 0.717) is 6.04 Å². The van der Waals surface area contributed by atoms with Gasteiger partial charge >= 0.3 is 0 Å². The standard InChI is InChI=1S/C16H32N4.HI/c1-4-8-20-9-6-14(7-10-20)12-18-16(17-5-2)19-15-11-13(15)3;/h13-15H,4-12H2,1-3H3,(H2,17,18,19);1H. The first-order valence-electron chi connectivity index (χ1n) is 8.50. The van der Waals surface area contributed by atoms with Crippen LogP contribution >= 0.6 is 24.0 Å². The van der Waals surface area contributed by atoms with Crippen LogP contribution in [0.4, 0.5) is 0 Å². The Hall–Kier alpha value is -0.0400. The Balaban J connectivity index is 0.00000220. The van der Waals surface area contributed by atoms with Crippen LogP contribution in [0.5, 0.6) is 0 Å². The molecule has 0 aromatic rings. The lowest BCUT2D eigenvalue weighted by atomic mass is 9.97. The van der Waals surface area contributed by atoms with Gasteiger partial charge in [0.15, 0.2) is 5.96 Å². The average Bonchev–Trinajstić information content (AvgIpc) is 3.14. The number of piperidine rings is 1. The second-order valence-corrected chi connectivity index (χ2v) is 6.47. The van der Waals surface area contributed by atoms with Crippen LogP contribution in [0.25, 0.3) is 0 Å². The van der Waals surface area contributed by atoms with E-state index in [0.717, 1.165) is 30.9 Å². The molecular weight excluding hydrogens is 375 g/mol. The van der Waals surface area contributed by atoms with Crippen molar-refractivity contribution in [2.45, 2.75) is 52.5 Å². The van der Waals surface area contributed by atoms with Crippen molar-refractivity contribution in [3.05, 3.63) is 0 Å². The van der Waals surface area contributed by atoms with E-state index in [1.807, 2.05) is 0 Å². The van der Waals surface area contributed by atoms with Crippen molar-refractivity contribution < 1.29 is 0 Å². The van der Waals surface area contributed by atoms with Crippen molar-refractivity contribution in [2.24, 2.45) is 16.8 Å². The quantitative estimate of drug-likeness (QED) is 0.403. The number of nitrogens with one attached hydrogen (secondary N) is 2. The number of likely N-dealkylation sites (tertiary alicyclic amines) is 1. The van der Waals surface area contributed by atoms with Gasteiger partial charge in [-0.05, 0) is 64.1 Å². The molecule has 2 N–H and O–H groups in total. The minimum atomic E-state index is 0. The van der Waals surface area contributed by atoms with Crippen molar-refractivity contribution in [1.82, 2.24) is 15.5 Å². The summed E-state index contributed by atoms with van der Waals surface area (Å²) in [6.07, 6.45) is 5.18. The van der Waals surface area contributed by atoms with Crippen LogP contribution in [0.3, 0.4) is 0 Å². The first-order chi connectivity index (χ1) is 9.72. The summed E-state index contributed by atoms with van der Waals surface area (Å²) in [5, 5.41) is 6.91. The highest BCUT2D eigenvalue weighted by Crippen LogP contribution is 2.28. The summed E-state index contributed by atoms with van der Waals surface area (Å²) < 4.78 is 0. The first-order valence-corrected chi connectivity index (χ1v) is 8.50. The molecule has 2 unspecified atom stereocenters. The number of nitrogens with zero attached hydrogens (tertiary/aromatic N) is 2. The van der Waals surface area contributed by atoms with Crippen LogP contribution in [-0.2, 0) is 0 Å². The Kier molecular flexibility index (Phi) is 8.94. The molecule has 2 rings (SSSR count). The number of halogens is 1. The fraction of sp³-hybridized carbons (Fsp3) is 0.938. The van der Waals surface area contributed by atoms with Crippen molar-refractivity contribution in [2.75, 3.05) is 32.7 Å². The first kappa shape index (κ1) is 19.0. The predicted octanol–water partition coefficient (Wildman–Crippen LogP) is 2.69. The van der Waals surface area contributed by atoms with Gasteiger partial charge in [-0.25, -0.2) is 0 Å². The zero-order valence-corrected chi connectivity index (χ0v) is 16.2. The molecule has 0 amide bonds. The summed E-state index contributed by atoms with van der Waals surface area (Å²) in [7, 11) is 0. The lowest BCUT2D eigenvalue weighted by Crippen LogP contribution is -2.40. The molecule has 2 fully saturated rings. The van der Waals surface area contributed by atoms with Gasteiger partial charge in [-0.3, -0.25) is 4.99 Å². The van der Waals surface area contributed by atoms with Gasteiger partial charge in [0.1, 0.15) is 0 Å². The van der Waals surface area contributed by atoms with Gasteiger partial charge in [0.2, 0.25) is 0 Å². The van der Waals surface area contributed by atoms with E-state index in [-0.39, 0.29) is 24.0 Å². The Morgan fingerprint density at radius 1 is 1.24 bits per heavy atom. The normalized spacial score (nSPS) is 27.1. The molecule has 1 saturated carbocycles. The van der Waals surface area contributed by atoms with Gasteiger partial charge in [0.25, 0.3) is 0 Å². The van der Waals surface area contributed by atoms with Crippen LogP contribution in [-0.4, -0.2) is 49.6 Å². The van der Waals surface area contributed by atoms with Gasteiger partial charge < -0.3 is 15.5 Å². The zero-order valence-electron chi connectivity index (χ0n) is 13.9. The molecule has 0 aromatic heterocycles. The number of hydrogen-bond acceptors (Lipinski definition) is 2. The lowest BCUT2D eigenvalue weighted by molar-refractivity contribution is 0.188. The topological polar surface area (TPSA) is 39.7 Å². The Bertz CT molecular complexity index is 313. The molecule has 0 bridgehead atoms. The van der Waals surface area contributed by atoms with Crippen molar-refractivity contribution in [1.29, 1.82) is 0 Å². The van der Waals surface area contributed by atoms with Crippen LogP contribution < -0.4 is 10.6 Å². The van der Waals surface area contributed by atoms with E-state index in [1.54, 1.807) is 0 Å². The molecule has 0 aromatic carbocycles. The largest absolute Gasteiger partial charge is 0.357 e. The lowest BCUT2D eigenvalue weighted by Gasteiger charge is -2.31. The molecule has 21 heavy (non-hydrogen) atoms. The molecule has 1 heterocycles. The summed E-state index contributed by atoms with van der Waals surface area (Å²) in [6, 6.07) is 0.652. The number of aliphatic imine (C=N–C) groups is 1. The van der Waals surface area contributed by atoms with Gasteiger partial charge in [0.05, 0.1) is 0 Å². The van der Waals surface area contributed by atoms with E-state index in [1.165, 1.54) is 45.3 Å². The number of rotatable bonds is 6. The predicted molar refractivity (Wildman–Crippen MR) is 102 cm³/mol. The molecule has 5 heteroatoms. The maximum atomic E-state index is 4.80. The van der Waals surface area contributed by atoms with Crippen molar-refractivity contribution in [3.63, 3.8) is 0 Å². The average molecular weight is 408 g/mol. The summed E-state index contributed by atoms with van der Waals surface area (Å²) >= 11 is 0. The van der Waals surface area contributed by atoms with Gasteiger partial charge in [-0.2, -0.15) is 0 Å². The highest BCUT2D eigenvalue weighted by molar-refractivity contribution is 14.0. The fourth-order valence-corrected chi connectivity index (χ4v) is 2.95. The second kappa shape index (κ2) is 9.87. The van der Waals surface area contributed by atoms with E-state index >= 15 is 0 Å². The summed E-state index contributed by atoms with van der Waals surface area (Å²) in [6.45, 7) is 12.4. The third kappa shape index (κ3) is 6.72. The van der Waals surface area contributed by atoms with E-state index in [4.69, 9.17) is 4.99 Å². The van der Waals surface area contributed by atoms with Crippen LogP contribution in [0, 0.1) is 11.8 Å². The maximum absolute atomic E-state index is 4.80. The van der Waals surface area contributed by atoms with E-state index in [2.05, 4.69) is 36.3 Å². The minimum Gasteiger partial charge on any atom is -0.357 e. The smallest absolute Gasteiger partial charge is 0.191 e. The van der Waals surface area contributed by atoms with Crippen molar-refractivity contribution in [3.8, 4) is 0 Å². The zero-order chi connectivity index (χ0) is 14.4. The molecule has 0 radical (unpaired) electrons. The van der Waals surface area contributed by atoms with E-state index < -0.39 is 0 Å². The Morgan fingerprint density at radius 2 is 1.90 bits per heavy atom. The van der Waals surface area contributed by atoms with Gasteiger partial charge in [0, 0.05) is 19.1 Å². The Morgan fingerprint density at radius 3 is 2.43 bits per heavy atom. The Labute approximate surface area is 147 Å². The molecule has 4 nitrogen and oxygen atoms in total. The molecular formula is C16H33IN4. The van der Waals surface area contributed by atoms with Crippen LogP contribution in [0.2, 0.25) is 0 Å². The molecule has 2 aliphatic rings. The highest BCUT2D eigenvalue weighted by Gasteiger charge is 2.33. The monoisotopic (exact) mass is 408 g/mol. The number of hydrogen-bond donors (Lipinski definition) is 2. The molecule has 2 atom stereocenters. The third-order valence-electron chi connectivity index (χ3n) is 4.53. The van der Waals surface area contributed by atoms with Crippen LogP contribution in [0.15, 0.2) is 4.99 Å². The minimum absolute atomic E-state index is 0. The number of guanidine groups is 1. The third-order valence-corrected chi connectivity index (χ3v) is 4.53.